The number of hydrogen-bond donors (Lipinski definition) is 1. The lowest BCUT2D eigenvalue weighted by atomic mass is 10.1. The van der Waals surface area contributed by atoms with E-state index in [0.717, 1.165) is 28.0 Å². The highest BCUT2D eigenvalue weighted by molar-refractivity contribution is 9.10. The van der Waals surface area contributed by atoms with Gasteiger partial charge in [0.25, 0.3) is 0 Å². The first-order valence-corrected chi connectivity index (χ1v) is 6.95. The molecule has 1 saturated carbocycles. The van der Waals surface area contributed by atoms with Crippen LogP contribution in [0.5, 0.6) is 0 Å². The Bertz CT molecular complexity index is 561. The number of benzene rings is 1. The van der Waals surface area contributed by atoms with Crippen LogP contribution < -0.4 is 5.32 Å². The van der Waals surface area contributed by atoms with Crippen LogP contribution in [-0.4, -0.2) is 11.0 Å². The Morgan fingerprint density at radius 3 is 3.00 bits per heavy atom. The predicted molar refractivity (Wildman–Crippen MR) is 74.2 cm³/mol. The summed E-state index contributed by atoms with van der Waals surface area (Å²) in [5.41, 5.74) is 3.26. The molecule has 1 aliphatic carbocycles. The molecule has 18 heavy (non-hydrogen) atoms. The van der Waals surface area contributed by atoms with Gasteiger partial charge in [-0.1, -0.05) is 22.0 Å². The number of oxazole rings is 1. The average molecular weight is 307 g/mol. The summed E-state index contributed by atoms with van der Waals surface area (Å²) in [5.74, 6) is 0.857. The predicted octanol–water partition coefficient (Wildman–Crippen LogP) is 3.66. The Morgan fingerprint density at radius 1 is 1.44 bits per heavy atom. The van der Waals surface area contributed by atoms with Gasteiger partial charge < -0.3 is 9.73 Å². The molecule has 1 fully saturated rings. The molecule has 3 nitrogen and oxygen atoms in total. The molecule has 1 N–H and O–H groups in total. The van der Waals surface area contributed by atoms with Crippen molar-refractivity contribution in [3.05, 3.63) is 40.3 Å². The molecule has 94 valence electrons. The second-order valence-corrected chi connectivity index (χ2v) is 5.62. The summed E-state index contributed by atoms with van der Waals surface area (Å²) in [6.45, 7) is 2.85. The Hall–Kier alpha value is -1.13. The van der Waals surface area contributed by atoms with E-state index in [9.17, 15) is 0 Å². The summed E-state index contributed by atoms with van der Waals surface area (Å²) in [7, 11) is 0. The van der Waals surface area contributed by atoms with Crippen LogP contribution in [-0.2, 0) is 6.54 Å². The van der Waals surface area contributed by atoms with Gasteiger partial charge in [-0.3, -0.25) is 0 Å². The van der Waals surface area contributed by atoms with Crippen LogP contribution in [0.25, 0.3) is 11.3 Å². The molecule has 1 heterocycles. The number of hydrogen-bond acceptors (Lipinski definition) is 3. The minimum atomic E-state index is 0.677. The SMILES string of the molecule is Cc1ccc(-c2ocnc2CNC2CC2)c(Br)c1. The quantitative estimate of drug-likeness (QED) is 0.936. The molecule has 0 saturated heterocycles. The van der Waals surface area contributed by atoms with Crippen LogP contribution >= 0.6 is 15.9 Å². The molecule has 0 radical (unpaired) electrons. The zero-order valence-corrected chi connectivity index (χ0v) is 11.8. The summed E-state index contributed by atoms with van der Waals surface area (Å²) < 4.78 is 6.59. The Morgan fingerprint density at radius 2 is 2.28 bits per heavy atom. The third-order valence-corrected chi connectivity index (χ3v) is 3.80. The summed E-state index contributed by atoms with van der Waals surface area (Å²) >= 11 is 3.59. The van der Waals surface area contributed by atoms with Gasteiger partial charge in [-0.25, -0.2) is 4.98 Å². The number of aromatic nitrogens is 1. The Balaban J connectivity index is 1.88. The van der Waals surface area contributed by atoms with E-state index in [-0.39, 0.29) is 0 Å². The highest BCUT2D eigenvalue weighted by atomic mass is 79.9. The largest absolute Gasteiger partial charge is 0.443 e. The molecule has 1 aromatic heterocycles. The van der Waals surface area contributed by atoms with Crippen LogP contribution in [0.15, 0.2) is 33.5 Å². The van der Waals surface area contributed by atoms with Crippen molar-refractivity contribution in [2.75, 3.05) is 0 Å². The molecular formula is C14H15BrN2O. The van der Waals surface area contributed by atoms with Gasteiger partial charge in [0.05, 0.1) is 0 Å². The van der Waals surface area contributed by atoms with Crippen molar-refractivity contribution in [2.45, 2.75) is 32.4 Å². The van der Waals surface area contributed by atoms with Gasteiger partial charge in [-0.05, 0) is 37.5 Å². The minimum Gasteiger partial charge on any atom is -0.443 e. The summed E-state index contributed by atoms with van der Waals surface area (Å²) in [6.07, 6.45) is 4.08. The lowest BCUT2D eigenvalue weighted by Crippen LogP contribution is -2.16. The molecule has 0 amide bonds. The molecule has 1 aromatic carbocycles. The molecular weight excluding hydrogens is 292 g/mol. The van der Waals surface area contributed by atoms with Crippen LogP contribution in [0.3, 0.4) is 0 Å². The van der Waals surface area contributed by atoms with Crippen LogP contribution in [0.4, 0.5) is 0 Å². The van der Waals surface area contributed by atoms with Gasteiger partial charge in [0, 0.05) is 22.6 Å². The Kier molecular flexibility index (Phi) is 3.22. The minimum absolute atomic E-state index is 0.677. The monoisotopic (exact) mass is 306 g/mol. The highest BCUT2D eigenvalue weighted by Gasteiger charge is 2.22. The maximum Gasteiger partial charge on any atom is 0.181 e. The average Bonchev–Trinajstić information content (AvgIpc) is 3.06. The van der Waals surface area contributed by atoms with E-state index < -0.39 is 0 Å². The molecule has 2 aromatic rings. The van der Waals surface area contributed by atoms with Gasteiger partial charge in [0.2, 0.25) is 0 Å². The fourth-order valence-electron chi connectivity index (χ4n) is 1.95. The number of rotatable bonds is 4. The maximum absolute atomic E-state index is 5.54. The summed E-state index contributed by atoms with van der Waals surface area (Å²) in [5, 5.41) is 3.46. The van der Waals surface area contributed by atoms with E-state index in [1.54, 1.807) is 0 Å². The van der Waals surface area contributed by atoms with Gasteiger partial charge in [0.15, 0.2) is 12.2 Å². The van der Waals surface area contributed by atoms with Crippen molar-refractivity contribution in [2.24, 2.45) is 0 Å². The fourth-order valence-corrected chi connectivity index (χ4v) is 2.62. The first-order valence-electron chi connectivity index (χ1n) is 6.16. The smallest absolute Gasteiger partial charge is 0.181 e. The Labute approximate surface area is 115 Å². The van der Waals surface area contributed by atoms with Crippen molar-refractivity contribution in [1.82, 2.24) is 10.3 Å². The number of nitrogens with zero attached hydrogens (tertiary/aromatic N) is 1. The lowest BCUT2D eigenvalue weighted by Gasteiger charge is -2.05. The number of nitrogens with one attached hydrogen (secondary N) is 1. The molecule has 0 bridgehead atoms. The third kappa shape index (κ3) is 2.49. The van der Waals surface area contributed by atoms with Gasteiger partial charge in [-0.15, -0.1) is 0 Å². The molecule has 0 aliphatic heterocycles. The zero-order valence-electron chi connectivity index (χ0n) is 10.2. The topological polar surface area (TPSA) is 38.1 Å². The second kappa shape index (κ2) is 4.86. The standard InChI is InChI=1S/C14H15BrN2O/c1-9-2-5-11(12(15)6-9)14-13(17-8-18-14)7-16-10-3-4-10/h2,5-6,8,10,16H,3-4,7H2,1H3. The van der Waals surface area contributed by atoms with Crippen molar-refractivity contribution in [3.8, 4) is 11.3 Å². The van der Waals surface area contributed by atoms with Gasteiger partial charge >= 0.3 is 0 Å². The van der Waals surface area contributed by atoms with Crippen LogP contribution in [0.1, 0.15) is 24.1 Å². The van der Waals surface area contributed by atoms with E-state index in [0.29, 0.717) is 6.04 Å². The highest BCUT2D eigenvalue weighted by Crippen LogP contribution is 2.31. The van der Waals surface area contributed by atoms with E-state index in [4.69, 9.17) is 4.42 Å². The normalized spacial score (nSPS) is 15.0. The number of halogens is 1. The van der Waals surface area contributed by atoms with Crippen LogP contribution in [0, 0.1) is 6.92 Å². The van der Waals surface area contributed by atoms with Gasteiger partial charge in [0.1, 0.15) is 5.69 Å². The van der Waals surface area contributed by atoms with Crippen LogP contribution in [0.2, 0.25) is 0 Å². The second-order valence-electron chi connectivity index (χ2n) is 4.77. The zero-order chi connectivity index (χ0) is 12.5. The molecule has 1 aliphatic rings. The van der Waals surface area contributed by atoms with Crippen molar-refractivity contribution >= 4 is 15.9 Å². The van der Waals surface area contributed by atoms with E-state index >= 15 is 0 Å². The van der Waals surface area contributed by atoms with Gasteiger partial charge in [-0.2, -0.15) is 0 Å². The first kappa shape index (κ1) is 11.9. The van der Waals surface area contributed by atoms with Crippen molar-refractivity contribution < 1.29 is 4.42 Å². The summed E-state index contributed by atoms with van der Waals surface area (Å²) in [4.78, 5) is 4.31. The molecule has 3 rings (SSSR count). The summed E-state index contributed by atoms with van der Waals surface area (Å²) in [6, 6.07) is 6.92. The first-order chi connectivity index (χ1) is 8.74. The van der Waals surface area contributed by atoms with Crippen molar-refractivity contribution in [1.29, 1.82) is 0 Å². The van der Waals surface area contributed by atoms with E-state index in [1.165, 1.54) is 24.8 Å². The molecule has 4 heteroatoms. The molecule has 0 unspecified atom stereocenters. The fraction of sp³-hybridized carbons (Fsp3) is 0.357. The molecule has 0 atom stereocenters. The lowest BCUT2D eigenvalue weighted by molar-refractivity contribution is 0.569. The number of aryl methyl sites for hydroxylation is 1. The van der Waals surface area contributed by atoms with E-state index in [2.05, 4.69) is 51.4 Å². The maximum atomic E-state index is 5.54. The molecule has 0 spiro atoms. The third-order valence-electron chi connectivity index (χ3n) is 3.15. The van der Waals surface area contributed by atoms with E-state index in [1.807, 2.05) is 0 Å². The van der Waals surface area contributed by atoms with Crippen molar-refractivity contribution in [3.63, 3.8) is 0 Å².